The summed E-state index contributed by atoms with van der Waals surface area (Å²) in [6.45, 7) is 4.05. The normalized spacial score (nSPS) is 10.5. The monoisotopic (exact) mass is 307 g/mol. The van der Waals surface area contributed by atoms with Crippen LogP contribution in [0, 0.1) is 0 Å². The Morgan fingerprint density at radius 3 is 2.57 bits per heavy atom. The molecule has 0 aliphatic carbocycles. The third-order valence-electron chi connectivity index (χ3n) is 2.81. The Labute approximate surface area is 127 Å². The van der Waals surface area contributed by atoms with E-state index in [1.165, 1.54) is 18.4 Å². The van der Waals surface area contributed by atoms with Gasteiger partial charge in [-0.05, 0) is 12.1 Å². The molecule has 0 unspecified atom stereocenters. The molecule has 0 saturated carbocycles. The van der Waals surface area contributed by atoms with Crippen LogP contribution in [0.3, 0.4) is 0 Å². The highest BCUT2D eigenvalue weighted by Crippen LogP contribution is 2.27. The first kappa shape index (κ1) is 15.2. The van der Waals surface area contributed by atoms with Gasteiger partial charge in [0.25, 0.3) is 5.91 Å². The number of aromatic nitrogens is 2. The van der Waals surface area contributed by atoms with Crippen LogP contribution in [0.25, 0.3) is 0 Å². The molecule has 6 nitrogen and oxygen atoms in total. The highest BCUT2D eigenvalue weighted by Gasteiger charge is 2.16. The summed E-state index contributed by atoms with van der Waals surface area (Å²) < 4.78 is 10.3. The fourth-order valence-electron chi connectivity index (χ4n) is 1.67. The van der Waals surface area contributed by atoms with Gasteiger partial charge in [0.1, 0.15) is 16.5 Å². The topological polar surface area (TPSA) is 73.3 Å². The molecule has 0 atom stereocenters. The third kappa shape index (κ3) is 3.49. The molecule has 1 amide bonds. The predicted octanol–water partition coefficient (Wildman–Crippen LogP) is 2.93. The molecule has 7 heteroatoms. The smallest absolute Gasteiger partial charge is 0.261 e. The van der Waals surface area contributed by atoms with E-state index in [0.29, 0.717) is 22.2 Å². The molecule has 1 aromatic carbocycles. The summed E-state index contributed by atoms with van der Waals surface area (Å²) in [5, 5.41) is 12.1. The minimum atomic E-state index is -0.291. The summed E-state index contributed by atoms with van der Waals surface area (Å²) in [5.74, 6) is 1.06. The van der Waals surface area contributed by atoms with E-state index in [0.717, 1.165) is 5.01 Å². The second-order valence-corrected chi connectivity index (χ2v) is 5.63. The molecular formula is C14H17N3O3S. The number of carbonyl (C=O) groups is 1. The van der Waals surface area contributed by atoms with Crippen molar-refractivity contribution < 1.29 is 14.3 Å². The molecule has 21 heavy (non-hydrogen) atoms. The van der Waals surface area contributed by atoms with Gasteiger partial charge in [-0.3, -0.25) is 10.1 Å². The van der Waals surface area contributed by atoms with Gasteiger partial charge in [-0.15, -0.1) is 10.2 Å². The lowest BCUT2D eigenvalue weighted by molar-refractivity contribution is 0.102. The molecule has 2 rings (SSSR count). The first-order chi connectivity index (χ1) is 10.0. The molecule has 1 heterocycles. The minimum Gasteiger partial charge on any atom is -0.497 e. The summed E-state index contributed by atoms with van der Waals surface area (Å²) in [7, 11) is 3.07. The molecule has 2 aromatic rings. The molecule has 0 saturated heterocycles. The van der Waals surface area contributed by atoms with E-state index < -0.39 is 0 Å². The second kappa shape index (κ2) is 6.53. The molecule has 0 aliphatic rings. The summed E-state index contributed by atoms with van der Waals surface area (Å²) in [6.07, 6.45) is 0. The van der Waals surface area contributed by atoms with Crippen LogP contribution in [0.2, 0.25) is 0 Å². The van der Waals surface area contributed by atoms with Gasteiger partial charge in [0.15, 0.2) is 0 Å². The van der Waals surface area contributed by atoms with Crippen LogP contribution in [0.4, 0.5) is 5.13 Å². The van der Waals surface area contributed by atoms with Crippen LogP contribution >= 0.6 is 11.3 Å². The number of hydrogen-bond donors (Lipinski definition) is 1. The number of rotatable bonds is 5. The van der Waals surface area contributed by atoms with Crippen LogP contribution in [-0.2, 0) is 0 Å². The summed E-state index contributed by atoms with van der Waals surface area (Å²) >= 11 is 1.37. The lowest BCUT2D eigenvalue weighted by Gasteiger charge is -2.09. The zero-order valence-electron chi connectivity index (χ0n) is 12.3. The number of carbonyl (C=O) groups excluding carboxylic acids is 1. The van der Waals surface area contributed by atoms with Crippen molar-refractivity contribution in [2.24, 2.45) is 0 Å². The first-order valence-corrected chi connectivity index (χ1v) is 7.23. The molecule has 112 valence electrons. The zero-order chi connectivity index (χ0) is 15.4. The van der Waals surface area contributed by atoms with Crippen molar-refractivity contribution in [3.8, 4) is 11.5 Å². The zero-order valence-corrected chi connectivity index (χ0v) is 13.2. The number of ether oxygens (including phenoxy) is 2. The lowest BCUT2D eigenvalue weighted by atomic mass is 10.2. The maximum atomic E-state index is 12.3. The minimum absolute atomic E-state index is 0.281. The van der Waals surface area contributed by atoms with Crippen molar-refractivity contribution in [1.82, 2.24) is 10.2 Å². The average Bonchev–Trinajstić information content (AvgIpc) is 2.95. The number of hydrogen-bond acceptors (Lipinski definition) is 6. The molecule has 0 spiro atoms. The van der Waals surface area contributed by atoms with Gasteiger partial charge < -0.3 is 9.47 Å². The average molecular weight is 307 g/mol. The molecule has 1 N–H and O–H groups in total. The van der Waals surface area contributed by atoms with Crippen LogP contribution in [0.15, 0.2) is 18.2 Å². The summed E-state index contributed by atoms with van der Waals surface area (Å²) in [6, 6.07) is 5.02. The summed E-state index contributed by atoms with van der Waals surface area (Å²) in [4.78, 5) is 12.3. The standard InChI is InChI=1S/C14H17N3O3S/c1-8(2)13-16-17-14(21-13)15-12(18)10-6-5-9(19-3)7-11(10)20-4/h5-8H,1-4H3,(H,15,17,18). The van der Waals surface area contributed by atoms with Crippen LogP contribution in [-0.4, -0.2) is 30.3 Å². The largest absolute Gasteiger partial charge is 0.497 e. The molecular weight excluding hydrogens is 290 g/mol. The molecule has 1 aromatic heterocycles. The first-order valence-electron chi connectivity index (χ1n) is 6.42. The molecule has 0 bridgehead atoms. The van der Waals surface area contributed by atoms with E-state index in [4.69, 9.17) is 9.47 Å². The van der Waals surface area contributed by atoms with Gasteiger partial charge in [0.2, 0.25) is 5.13 Å². The van der Waals surface area contributed by atoms with Crippen LogP contribution in [0.1, 0.15) is 35.1 Å². The predicted molar refractivity (Wildman–Crippen MR) is 81.5 cm³/mol. The van der Waals surface area contributed by atoms with E-state index >= 15 is 0 Å². The molecule has 0 radical (unpaired) electrons. The van der Waals surface area contributed by atoms with E-state index in [1.54, 1.807) is 25.3 Å². The van der Waals surface area contributed by atoms with Gasteiger partial charge in [-0.1, -0.05) is 25.2 Å². The van der Waals surface area contributed by atoms with E-state index in [-0.39, 0.29) is 11.8 Å². The SMILES string of the molecule is COc1ccc(C(=O)Nc2nnc(C(C)C)s2)c(OC)c1. The van der Waals surface area contributed by atoms with Crippen LogP contribution in [0.5, 0.6) is 11.5 Å². The van der Waals surface area contributed by atoms with Crippen molar-refractivity contribution in [3.63, 3.8) is 0 Å². The van der Waals surface area contributed by atoms with Gasteiger partial charge in [-0.2, -0.15) is 0 Å². The molecule has 0 fully saturated rings. The van der Waals surface area contributed by atoms with Crippen molar-refractivity contribution in [2.75, 3.05) is 19.5 Å². The van der Waals surface area contributed by atoms with E-state index in [1.807, 2.05) is 13.8 Å². The maximum absolute atomic E-state index is 12.3. The van der Waals surface area contributed by atoms with Crippen molar-refractivity contribution in [3.05, 3.63) is 28.8 Å². The maximum Gasteiger partial charge on any atom is 0.261 e. The van der Waals surface area contributed by atoms with Crippen LogP contribution < -0.4 is 14.8 Å². The number of amides is 1. The fourth-order valence-corrected chi connectivity index (χ4v) is 2.41. The fraction of sp³-hybridized carbons (Fsp3) is 0.357. The number of nitrogens with one attached hydrogen (secondary N) is 1. The van der Waals surface area contributed by atoms with Crippen molar-refractivity contribution >= 4 is 22.4 Å². The number of nitrogens with zero attached hydrogens (tertiary/aromatic N) is 2. The van der Waals surface area contributed by atoms with Gasteiger partial charge in [0.05, 0.1) is 19.8 Å². The second-order valence-electron chi connectivity index (χ2n) is 4.62. The highest BCUT2D eigenvalue weighted by atomic mass is 32.1. The third-order valence-corrected chi connectivity index (χ3v) is 3.95. The quantitative estimate of drug-likeness (QED) is 0.919. The number of anilines is 1. The highest BCUT2D eigenvalue weighted by molar-refractivity contribution is 7.15. The Morgan fingerprint density at radius 1 is 1.24 bits per heavy atom. The van der Waals surface area contributed by atoms with Gasteiger partial charge in [0, 0.05) is 12.0 Å². The summed E-state index contributed by atoms with van der Waals surface area (Å²) in [5.41, 5.74) is 0.416. The Balaban J connectivity index is 2.19. The molecule has 0 aliphatic heterocycles. The van der Waals surface area contributed by atoms with E-state index in [2.05, 4.69) is 15.5 Å². The van der Waals surface area contributed by atoms with Gasteiger partial charge >= 0.3 is 0 Å². The van der Waals surface area contributed by atoms with Crippen molar-refractivity contribution in [2.45, 2.75) is 19.8 Å². The Kier molecular flexibility index (Phi) is 4.74. The number of benzene rings is 1. The number of methoxy groups -OCH3 is 2. The van der Waals surface area contributed by atoms with Gasteiger partial charge in [-0.25, -0.2) is 0 Å². The van der Waals surface area contributed by atoms with E-state index in [9.17, 15) is 4.79 Å². The Bertz CT molecular complexity index is 640. The Morgan fingerprint density at radius 2 is 2.00 bits per heavy atom. The lowest BCUT2D eigenvalue weighted by Crippen LogP contribution is -2.13. The van der Waals surface area contributed by atoms with Crippen molar-refractivity contribution in [1.29, 1.82) is 0 Å². The Hall–Kier alpha value is -2.15.